The Morgan fingerprint density at radius 2 is 0.717 bits per heavy atom. The molecule has 46 heavy (non-hydrogen) atoms. The van der Waals surface area contributed by atoms with Crippen LogP contribution < -0.4 is 0 Å². The van der Waals surface area contributed by atoms with Gasteiger partial charge in [0.1, 0.15) is 0 Å². The monoisotopic (exact) mass is 584 g/mol. The lowest BCUT2D eigenvalue weighted by atomic mass is 9.85. The highest BCUT2D eigenvalue weighted by Gasteiger charge is 2.16. The molecular formula is C44H28N2. The van der Waals surface area contributed by atoms with Gasteiger partial charge in [-0.05, 0) is 96.4 Å². The zero-order valence-electron chi connectivity index (χ0n) is 25.1. The predicted molar refractivity (Wildman–Crippen MR) is 194 cm³/mol. The summed E-state index contributed by atoms with van der Waals surface area (Å²) >= 11 is 0. The molecule has 0 N–H and O–H groups in total. The van der Waals surface area contributed by atoms with Crippen LogP contribution in [0.15, 0.2) is 170 Å². The highest BCUT2D eigenvalue weighted by atomic mass is 14.7. The minimum atomic E-state index is 0.982. The van der Waals surface area contributed by atoms with Crippen LogP contribution in [0.25, 0.3) is 87.9 Å². The molecular weight excluding hydrogens is 556 g/mol. The van der Waals surface area contributed by atoms with Gasteiger partial charge < -0.3 is 0 Å². The van der Waals surface area contributed by atoms with Crippen molar-refractivity contribution in [2.24, 2.45) is 0 Å². The lowest BCUT2D eigenvalue weighted by Crippen LogP contribution is -1.91. The van der Waals surface area contributed by atoms with E-state index in [2.05, 4.69) is 157 Å². The van der Waals surface area contributed by atoms with Gasteiger partial charge in [-0.3, -0.25) is 9.97 Å². The summed E-state index contributed by atoms with van der Waals surface area (Å²) in [5, 5.41) is 7.34. The molecule has 0 aliphatic carbocycles. The Morgan fingerprint density at radius 1 is 0.283 bits per heavy atom. The van der Waals surface area contributed by atoms with Crippen LogP contribution in [-0.2, 0) is 0 Å². The normalized spacial score (nSPS) is 11.5. The number of pyridine rings is 2. The van der Waals surface area contributed by atoms with E-state index in [1.165, 1.54) is 66.1 Å². The Balaban J connectivity index is 1.19. The number of hydrogen-bond acceptors (Lipinski definition) is 2. The third-order valence-electron chi connectivity index (χ3n) is 9.18. The van der Waals surface area contributed by atoms with Crippen LogP contribution in [0.3, 0.4) is 0 Å². The maximum absolute atomic E-state index is 4.71. The number of rotatable bonds is 4. The standard InChI is InChI=1S/C44H28N2/c1-2-10-30(11-3-1)43-36-13-4-6-15-38(36)44(39-16-7-5-14-37(39)43)31-20-18-29(19-21-31)32-22-23-42-40(28-32)34(25-27-46-42)33-24-26-45-41-17-9-8-12-35(33)41/h1-28H. The number of nitrogens with zero attached hydrogens (tertiary/aromatic N) is 2. The van der Waals surface area contributed by atoms with Crippen molar-refractivity contribution in [3.63, 3.8) is 0 Å². The molecule has 0 fully saturated rings. The van der Waals surface area contributed by atoms with Crippen LogP contribution in [0.4, 0.5) is 0 Å². The molecule has 0 radical (unpaired) electrons. The quantitative estimate of drug-likeness (QED) is 0.192. The summed E-state index contributed by atoms with van der Waals surface area (Å²) in [4.78, 5) is 9.30. The van der Waals surface area contributed by atoms with Crippen molar-refractivity contribution < 1.29 is 0 Å². The number of benzene rings is 7. The minimum absolute atomic E-state index is 0.982. The molecule has 214 valence electrons. The van der Waals surface area contributed by atoms with E-state index in [0.29, 0.717) is 0 Å². The highest BCUT2D eigenvalue weighted by molar-refractivity contribution is 6.21. The molecule has 2 aromatic heterocycles. The Bertz CT molecular complexity index is 2500. The molecule has 0 bridgehead atoms. The number of fused-ring (bicyclic) bond motifs is 4. The Morgan fingerprint density at radius 3 is 1.33 bits per heavy atom. The van der Waals surface area contributed by atoms with Crippen molar-refractivity contribution in [2.75, 3.05) is 0 Å². The SMILES string of the molecule is c1ccc(-c2c3ccccc3c(-c3ccc(-c4ccc5nccc(-c6ccnc7ccccc67)c5c4)cc3)c3ccccc23)cc1. The molecule has 0 spiro atoms. The summed E-state index contributed by atoms with van der Waals surface area (Å²) in [6.45, 7) is 0. The van der Waals surface area contributed by atoms with Crippen molar-refractivity contribution in [3.8, 4) is 44.5 Å². The van der Waals surface area contributed by atoms with E-state index in [1.54, 1.807) is 0 Å². The van der Waals surface area contributed by atoms with Gasteiger partial charge in [0, 0.05) is 23.2 Å². The molecule has 0 amide bonds. The van der Waals surface area contributed by atoms with Crippen LogP contribution in [0.5, 0.6) is 0 Å². The topological polar surface area (TPSA) is 25.8 Å². The van der Waals surface area contributed by atoms with E-state index < -0.39 is 0 Å². The maximum atomic E-state index is 4.71. The number of aromatic nitrogens is 2. The largest absolute Gasteiger partial charge is 0.256 e. The van der Waals surface area contributed by atoms with Gasteiger partial charge in [-0.25, -0.2) is 0 Å². The molecule has 0 atom stereocenters. The van der Waals surface area contributed by atoms with Gasteiger partial charge in [0.25, 0.3) is 0 Å². The van der Waals surface area contributed by atoms with Crippen molar-refractivity contribution in [1.82, 2.24) is 9.97 Å². The van der Waals surface area contributed by atoms with Crippen molar-refractivity contribution >= 4 is 43.4 Å². The third-order valence-corrected chi connectivity index (χ3v) is 9.18. The first-order valence-corrected chi connectivity index (χ1v) is 15.7. The molecule has 0 aliphatic heterocycles. The van der Waals surface area contributed by atoms with E-state index in [-0.39, 0.29) is 0 Å². The molecule has 0 unspecified atom stereocenters. The maximum Gasteiger partial charge on any atom is 0.0708 e. The van der Waals surface area contributed by atoms with Gasteiger partial charge in [-0.2, -0.15) is 0 Å². The van der Waals surface area contributed by atoms with Gasteiger partial charge >= 0.3 is 0 Å². The van der Waals surface area contributed by atoms with Crippen molar-refractivity contribution in [3.05, 3.63) is 170 Å². The first-order chi connectivity index (χ1) is 22.8. The summed E-state index contributed by atoms with van der Waals surface area (Å²) in [7, 11) is 0. The summed E-state index contributed by atoms with van der Waals surface area (Å²) < 4.78 is 0. The number of para-hydroxylation sites is 1. The van der Waals surface area contributed by atoms with Crippen LogP contribution in [-0.4, -0.2) is 9.97 Å². The Kier molecular flexibility index (Phi) is 6.17. The van der Waals surface area contributed by atoms with Gasteiger partial charge in [-0.15, -0.1) is 0 Å². The molecule has 0 saturated heterocycles. The molecule has 2 heterocycles. The first-order valence-electron chi connectivity index (χ1n) is 15.7. The average molecular weight is 585 g/mol. The summed E-state index contributed by atoms with van der Waals surface area (Å²) in [5.41, 5.74) is 11.7. The second-order valence-electron chi connectivity index (χ2n) is 11.8. The first kappa shape index (κ1) is 26.3. The Hall–Kier alpha value is -6.12. The number of hydrogen-bond donors (Lipinski definition) is 0. The second-order valence-corrected chi connectivity index (χ2v) is 11.8. The third kappa shape index (κ3) is 4.27. The van der Waals surface area contributed by atoms with Gasteiger partial charge in [0.2, 0.25) is 0 Å². The molecule has 7 aromatic carbocycles. The zero-order valence-corrected chi connectivity index (χ0v) is 25.1. The van der Waals surface area contributed by atoms with Gasteiger partial charge in [0.05, 0.1) is 11.0 Å². The van der Waals surface area contributed by atoms with Crippen LogP contribution in [0, 0.1) is 0 Å². The smallest absolute Gasteiger partial charge is 0.0708 e. The lowest BCUT2D eigenvalue weighted by Gasteiger charge is -2.18. The molecule has 0 aliphatic rings. The predicted octanol–water partition coefficient (Wildman–Crippen LogP) is 11.8. The van der Waals surface area contributed by atoms with E-state index in [1.807, 2.05) is 18.5 Å². The molecule has 0 saturated carbocycles. The summed E-state index contributed by atoms with van der Waals surface area (Å²) in [6, 6.07) is 56.6. The fourth-order valence-electron chi connectivity index (χ4n) is 7.08. The van der Waals surface area contributed by atoms with Crippen LogP contribution >= 0.6 is 0 Å². The fourth-order valence-corrected chi connectivity index (χ4v) is 7.08. The second kappa shape index (κ2) is 10.8. The van der Waals surface area contributed by atoms with Crippen molar-refractivity contribution in [2.45, 2.75) is 0 Å². The van der Waals surface area contributed by atoms with Gasteiger partial charge in [-0.1, -0.05) is 127 Å². The molecule has 9 aromatic rings. The Labute approximate surface area is 267 Å². The van der Waals surface area contributed by atoms with E-state index in [0.717, 1.165) is 21.8 Å². The molecule has 2 heteroatoms. The van der Waals surface area contributed by atoms with E-state index in [9.17, 15) is 0 Å². The summed E-state index contributed by atoms with van der Waals surface area (Å²) in [5.74, 6) is 0. The fraction of sp³-hybridized carbons (Fsp3) is 0. The minimum Gasteiger partial charge on any atom is -0.256 e. The molecule has 2 nitrogen and oxygen atoms in total. The highest BCUT2D eigenvalue weighted by Crippen LogP contribution is 2.44. The van der Waals surface area contributed by atoms with Crippen LogP contribution in [0.1, 0.15) is 0 Å². The van der Waals surface area contributed by atoms with Gasteiger partial charge in [0.15, 0.2) is 0 Å². The van der Waals surface area contributed by atoms with Crippen LogP contribution in [0.2, 0.25) is 0 Å². The lowest BCUT2D eigenvalue weighted by molar-refractivity contribution is 1.39. The van der Waals surface area contributed by atoms with E-state index in [4.69, 9.17) is 4.98 Å². The summed E-state index contributed by atoms with van der Waals surface area (Å²) in [6.07, 6.45) is 3.80. The zero-order chi connectivity index (χ0) is 30.5. The molecule has 9 rings (SSSR count). The average Bonchev–Trinajstić information content (AvgIpc) is 3.13. The van der Waals surface area contributed by atoms with Crippen molar-refractivity contribution in [1.29, 1.82) is 0 Å². The van der Waals surface area contributed by atoms with E-state index >= 15 is 0 Å².